The maximum Gasteiger partial charge on any atom is 0.338 e. The molecule has 9 heteroatoms. The van der Waals surface area contributed by atoms with E-state index in [4.69, 9.17) is 4.74 Å². The number of carbonyl (C=O) groups is 2. The highest BCUT2D eigenvalue weighted by molar-refractivity contribution is 7.89. The van der Waals surface area contributed by atoms with E-state index in [0.29, 0.717) is 24.2 Å². The lowest BCUT2D eigenvalue weighted by Crippen LogP contribution is -2.41. The number of hydrogen-bond donors (Lipinski definition) is 1. The third-order valence-electron chi connectivity index (χ3n) is 4.74. The van der Waals surface area contributed by atoms with Crippen LogP contribution in [0.25, 0.3) is 0 Å². The number of rotatable bonds is 6. The van der Waals surface area contributed by atoms with E-state index in [2.05, 4.69) is 10.3 Å². The van der Waals surface area contributed by atoms with E-state index in [1.165, 1.54) is 28.6 Å². The normalized spacial score (nSPS) is 15.6. The van der Waals surface area contributed by atoms with E-state index in [9.17, 15) is 18.0 Å². The maximum atomic E-state index is 12.9. The number of sulfonamides is 1. The van der Waals surface area contributed by atoms with Crippen molar-refractivity contribution in [3.05, 3.63) is 54.2 Å². The van der Waals surface area contributed by atoms with Crippen molar-refractivity contribution in [3.8, 4) is 0 Å². The Morgan fingerprint density at radius 2 is 1.83 bits per heavy atom. The van der Waals surface area contributed by atoms with Gasteiger partial charge < -0.3 is 10.1 Å². The van der Waals surface area contributed by atoms with Gasteiger partial charge in [-0.15, -0.1) is 0 Å². The first-order valence-electron chi connectivity index (χ1n) is 9.41. The van der Waals surface area contributed by atoms with Crippen molar-refractivity contribution in [2.45, 2.75) is 24.7 Å². The van der Waals surface area contributed by atoms with Crippen molar-refractivity contribution < 1.29 is 22.7 Å². The molecule has 1 aliphatic heterocycles. The number of carbonyl (C=O) groups excluding carboxylic acids is 2. The SMILES string of the molecule is CCOC(=O)c1ccc(S(=O)(=O)N2CCC(C(=O)Nc3ccccn3)CC2)cc1. The van der Waals surface area contributed by atoms with Gasteiger partial charge in [0.05, 0.1) is 17.1 Å². The molecule has 0 aliphatic carbocycles. The van der Waals surface area contributed by atoms with Crippen LogP contribution in [-0.4, -0.2) is 49.3 Å². The highest BCUT2D eigenvalue weighted by Crippen LogP contribution is 2.25. The number of anilines is 1. The van der Waals surface area contributed by atoms with Crippen LogP contribution >= 0.6 is 0 Å². The minimum atomic E-state index is -3.69. The van der Waals surface area contributed by atoms with Crippen LogP contribution in [0.15, 0.2) is 53.6 Å². The number of nitrogens with one attached hydrogen (secondary N) is 1. The summed E-state index contributed by atoms with van der Waals surface area (Å²) >= 11 is 0. The van der Waals surface area contributed by atoms with Crippen LogP contribution in [0.4, 0.5) is 5.82 Å². The molecule has 3 rings (SSSR count). The van der Waals surface area contributed by atoms with Gasteiger partial charge in [-0.05, 0) is 56.2 Å². The molecule has 1 aromatic carbocycles. The van der Waals surface area contributed by atoms with Crippen molar-refractivity contribution in [3.63, 3.8) is 0 Å². The largest absolute Gasteiger partial charge is 0.462 e. The van der Waals surface area contributed by atoms with Gasteiger partial charge >= 0.3 is 5.97 Å². The topological polar surface area (TPSA) is 106 Å². The molecule has 154 valence electrons. The van der Waals surface area contributed by atoms with Gasteiger partial charge in [0, 0.05) is 25.2 Å². The van der Waals surface area contributed by atoms with Crippen LogP contribution in [0.1, 0.15) is 30.1 Å². The number of piperidine rings is 1. The average Bonchev–Trinajstić information content (AvgIpc) is 2.75. The van der Waals surface area contributed by atoms with Gasteiger partial charge in [-0.1, -0.05) is 6.07 Å². The summed E-state index contributed by atoms with van der Waals surface area (Å²) in [5.41, 5.74) is 0.302. The Morgan fingerprint density at radius 3 is 2.41 bits per heavy atom. The Kier molecular flexibility index (Phi) is 6.60. The molecule has 0 unspecified atom stereocenters. The second-order valence-electron chi connectivity index (χ2n) is 6.63. The molecule has 1 saturated heterocycles. The Morgan fingerprint density at radius 1 is 1.14 bits per heavy atom. The zero-order chi connectivity index (χ0) is 20.9. The van der Waals surface area contributed by atoms with Gasteiger partial charge in [-0.3, -0.25) is 4.79 Å². The van der Waals surface area contributed by atoms with E-state index in [0.717, 1.165) is 0 Å². The summed E-state index contributed by atoms with van der Waals surface area (Å²) in [6.45, 7) is 2.46. The Hall–Kier alpha value is -2.78. The molecule has 1 fully saturated rings. The monoisotopic (exact) mass is 417 g/mol. The number of hydrogen-bond acceptors (Lipinski definition) is 6. The molecular weight excluding hydrogens is 394 g/mol. The molecule has 1 amide bonds. The molecule has 29 heavy (non-hydrogen) atoms. The molecule has 8 nitrogen and oxygen atoms in total. The smallest absolute Gasteiger partial charge is 0.338 e. The molecule has 1 aliphatic rings. The lowest BCUT2D eigenvalue weighted by molar-refractivity contribution is -0.120. The van der Waals surface area contributed by atoms with Crippen LogP contribution in [0.2, 0.25) is 0 Å². The summed E-state index contributed by atoms with van der Waals surface area (Å²) in [4.78, 5) is 28.3. The van der Waals surface area contributed by atoms with Gasteiger partial charge in [0.2, 0.25) is 15.9 Å². The minimum Gasteiger partial charge on any atom is -0.462 e. The number of aromatic nitrogens is 1. The van der Waals surface area contributed by atoms with Crippen molar-refractivity contribution in [2.75, 3.05) is 25.0 Å². The molecular formula is C20H23N3O5S. The fraction of sp³-hybridized carbons (Fsp3) is 0.350. The molecule has 0 bridgehead atoms. The summed E-state index contributed by atoms with van der Waals surface area (Å²) in [5.74, 6) is -0.431. The predicted octanol–water partition coefficient (Wildman–Crippen LogP) is 2.30. The van der Waals surface area contributed by atoms with E-state index < -0.39 is 16.0 Å². The van der Waals surface area contributed by atoms with E-state index in [1.54, 1.807) is 31.3 Å². The van der Waals surface area contributed by atoms with Gasteiger partial charge in [0.15, 0.2) is 0 Å². The zero-order valence-electron chi connectivity index (χ0n) is 16.1. The molecule has 0 spiro atoms. The number of pyridine rings is 1. The van der Waals surface area contributed by atoms with Gasteiger partial charge in [-0.25, -0.2) is 18.2 Å². The lowest BCUT2D eigenvalue weighted by Gasteiger charge is -2.30. The van der Waals surface area contributed by atoms with Crippen molar-refractivity contribution in [1.29, 1.82) is 0 Å². The molecule has 0 saturated carbocycles. The molecule has 1 N–H and O–H groups in total. The average molecular weight is 417 g/mol. The number of ether oxygens (including phenoxy) is 1. The fourth-order valence-corrected chi connectivity index (χ4v) is 4.62. The van der Waals surface area contributed by atoms with E-state index in [1.807, 2.05) is 0 Å². The standard InChI is InChI=1S/C20H23N3O5S/c1-2-28-20(25)16-6-8-17(9-7-16)29(26,27)23-13-10-15(11-14-23)19(24)22-18-5-3-4-12-21-18/h3-9,12,15H,2,10-11,13-14H2,1H3,(H,21,22,24). The zero-order valence-corrected chi connectivity index (χ0v) is 16.9. The number of esters is 1. The lowest BCUT2D eigenvalue weighted by atomic mass is 9.97. The first kappa shape index (κ1) is 20.9. The molecule has 2 heterocycles. The molecule has 2 aromatic rings. The van der Waals surface area contributed by atoms with E-state index >= 15 is 0 Å². The predicted molar refractivity (Wildman–Crippen MR) is 107 cm³/mol. The van der Waals surface area contributed by atoms with Crippen LogP contribution in [0.3, 0.4) is 0 Å². The summed E-state index contributed by atoms with van der Waals surface area (Å²) < 4.78 is 32.0. The Balaban J connectivity index is 1.60. The molecule has 0 radical (unpaired) electrons. The summed E-state index contributed by atoms with van der Waals surface area (Å²) in [6, 6.07) is 10.9. The quantitative estimate of drug-likeness (QED) is 0.723. The molecule has 0 atom stereocenters. The van der Waals surface area contributed by atoms with Crippen molar-refractivity contribution in [2.24, 2.45) is 5.92 Å². The highest BCUT2D eigenvalue weighted by atomic mass is 32.2. The summed E-state index contributed by atoms with van der Waals surface area (Å²) in [6.07, 6.45) is 2.45. The van der Waals surface area contributed by atoms with Crippen LogP contribution in [-0.2, 0) is 19.6 Å². The van der Waals surface area contributed by atoms with Gasteiger partial charge in [-0.2, -0.15) is 4.31 Å². The van der Waals surface area contributed by atoms with Crippen molar-refractivity contribution in [1.82, 2.24) is 9.29 Å². The minimum absolute atomic E-state index is 0.113. The Bertz CT molecular complexity index is 953. The van der Waals surface area contributed by atoms with Crippen LogP contribution in [0.5, 0.6) is 0 Å². The summed E-state index contributed by atoms with van der Waals surface area (Å²) in [7, 11) is -3.69. The summed E-state index contributed by atoms with van der Waals surface area (Å²) in [5, 5.41) is 2.76. The first-order valence-corrected chi connectivity index (χ1v) is 10.8. The van der Waals surface area contributed by atoms with E-state index in [-0.39, 0.29) is 36.4 Å². The highest BCUT2D eigenvalue weighted by Gasteiger charge is 2.32. The number of nitrogens with zero attached hydrogens (tertiary/aromatic N) is 2. The second kappa shape index (κ2) is 9.15. The number of benzene rings is 1. The number of amides is 1. The van der Waals surface area contributed by atoms with Crippen LogP contribution < -0.4 is 5.32 Å². The van der Waals surface area contributed by atoms with Crippen LogP contribution in [0, 0.1) is 5.92 Å². The maximum absolute atomic E-state index is 12.9. The third-order valence-corrected chi connectivity index (χ3v) is 6.66. The van der Waals surface area contributed by atoms with Gasteiger partial charge in [0.25, 0.3) is 0 Å². The molecule has 1 aromatic heterocycles. The third kappa shape index (κ3) is 4.99. The van der Waals surface area contributed by atoms with Crippen molar-refractivity contribution >= 4 is 27.7 Å². The Labute approximate surface area is 169 Å². The first-order chi connectivity index (χ1) is 13.9. The van der Waals surface area contributed by atoms with Gasteiger partial charge in [0.1, 0.15) is 5.82 Å². The second-order valence-corrected chi connectivity index (χ2v) is 8.57. The fourth-order valence-electron chi connectivity index (χ4n) is 3.15.